The molecule has 4 heteroatoms. The molecule has 0 fully saturated rings. The first-order valence-corrected chi connectivity index (χ1v) is 10.1. The first-order chi connectivity index (χ1) is 15.2. The Balaban J connectivity index is 1.44. The number of aryl methyl sites for hydroxylation is 1. The molecule has 0 unspecified atom stereocenters. The molecule has 0 aliphatic rings. The van der Waals surface area contributed by atoms with Gasteiger partial charge in [-0.05, 0) is 60.5 Å². The predicted octanol–water partition coefficient (Wildman–Crippen LogP) is 5.88. The van der Waals surface area contributed by atoms with Crippen LogP contribution in [0.3, 0.4) is 0 Å². The lowest BCUT2D eigenvalue weighted by Crippen LogP contribution is -2.17. The van der Waals surface area contributed by atoms with Crippen LogP contribution in [0.1, 0.15) is 21.6 Å². The summed E-state index contributed by atoms with van der Waals surface area (Å²) >= 11 is 0. The van der Waals surface area contributed by atoms with Gasteiger partial charge in [0.25, 0.3) is 5.91 Å². The lowest BCUT2D eigenvalue weighted by molar-refractivity contribution is 0.0955. The summed E-state index contributed by atoms with van der Waals surface area (Å²) in [6.07, 6.45) is 5.28. The normalized spacial score (nSPS) is 11.3. The largest absolute Gasteiger partial charge is 0.314 e. The van der Waals surface area contributed by atoms with Crippen LogP contribution in [0, 0.1) is 6.92 Å². The Labute approximate surface area is 182 Å². The Morgan fingerprint density at radius 3 is 2.23 bits per heavy atom. The Morgan fingerprint density at radius 1 is 0.839 bits per heavy atom. The number of nitrogens with zero attached hydrogens (tertiary/aromatic N) is 2. The molecule has 0 radical (unpaired) electrons. The van der Waals surface area contributed by atoms with Gasteiger partial charge < -0.3 is 4.57 Å². The van der Waals surface area contributed by atoms with Gasteiger partial charge in [0.2, 0.25) is 0 Å². The average Bonchev–Trinajstić information content (AvgIpc) is 3.21. The minimum absolute atomic E-state index is 0.247. The van der Waals surface area contributed by atoms with E-state index < -0.39 is 0 Å². The Kier molecular flexibility index (Phi) is 6.19. The van der Waals surface area contributed by atoms with Crippen molar-refractivity contribution in [2.45, 2.75) is 6.92 Å². The summed E-state index contributed by atoms with van der Waals surface area (Å²) in [5.74, 6) is -0.247. The number of amides is 1. The summed E-state index contributed by atoms with van der Waals surface area (Å²) < 4.78 is 2.18. The maximum Gasteiger partial charge on any atom is 0.271 e. The fourth-order valence-electron chi connectivity index (χ4n) is 3.40. The van der Waals surface area contributed by atoms with Crippen molar-refractivity contribution in [1.82, 2.24) is 9.99 Å². The molecule has 0 aliphatic carbocycles. The van der Waals surface area contributed by atoms with Gasteiger partial charge in [-0.1, -0.05) is 66.7 Å². The summed E-state index contributed by atoms with van der Waals surface area (Å²) in [5.41, 5.74) is 8.59. The van der Waals surface area contributed by atoms with Crippen LogP contribution >= 0.6 is 0 Å². The maximum absolute atomic E-state index is 12.4. The van der Waals surface area contributed by atoms with Crippen LogP contribution in [0.15, 0.2) is 108 Å². The molecule has 1 amide bonds. The molecule has 4 nitrogen and oxygen atoms in total. The minimum Gasteiger partial charge on any atom is -0.314 e. The fourth-order valence-corrected chi connectivity index (χ4v) is 3.40. The standard InChI is InChI=1S/C27H23N3O/c1-21-14-19-26(23-12-6-3-7-13-23)30(21)25-17-15-24(16-18-25)27(31)29-28-20-8-11-22-9-4-2-5-10-22/h2-20H,1H3,(H,29,31)/b11-8+,28-20+. The zero-order valence-corrected chi connectivity index (χ0v) is 17.3. The second kappa shape index (κ2) is 9.55. The van der Waals surface area contributed by atoms with Crippen LogP contribution in [-0.2, 0) is 0 Å². The molecule has 1 N–H and O–H groups in total. The third-order valence-electron chi connectivity index (χ3n) is 4.95. The van der Waals surface area contributed by atoms with Crippen molar-refractivity contribution in [3.05, 3.63) is 120 Å². The number of aromatic nitrogens is 1. The van der Waals surface area contributed by atoms with E-state index in [1.54, 1.807) is 12.3 Å². The van der Waals surface area contributed by atoms with Gasteiger partial charge >= 0.3 is 0 Å². The van der Waals surface area contributed by atoms with Gasteiger partial charge in [0.15, 0.2) is 0 Å². The Morgan fingerprint density at radius 2 is 1.52 bits per heavy atom. The maximum atomic E-state index is 12.4. The van der Waals surface area contributed by atoms with E-state index in [0.29, 0.717) is 5.56 Å². The van der Waals surface area contributed by atoms with Crippen LogP contribution < -0.4 is 5.43 Å². The van der Waals surface area contributed by atoms with Crippen molar-refractivity contribution in [3.63, 3.8) is 0 Å². The number of benzene rings is 3. The zero-order chi connectivity index (χ0) is 21.5. The van der Waals surface area contributed by atoms with Crippen molar-refractivity contribution < 1.29 is 4.79 Å². The van der Waals surface area contributed by atoms with E-state index in [2.05, 4.69) is 46.3 Å². The molecular formula is C27H23N3O. The SMILES string of the molecule is Cc1ccc(-c2ccccc2)n1-c1ccc(C(=O)N/N=C/C=C/c2ccccc2)cc1. The minimum atomic E-state index is -0.247. The van der Waals surface area contributed by atoms with Gasteiger partial charge in [0.1, 0.15) is 0 Å². The Bertz CT molecular complexity index is 1200. The number of carbonyl (C=O) groups excluding carboxylic acids is 1. The van der Waals surface area contributed by atoms with Gasteiger partial charge in [-0.3, -0.25) is 4.79 Å². The highest BCUT2D eigenvalue weighted by atomic mass is 16.2. The molecular weight excluding hydrogens is 382 g/mol. The van der Waals surface area contributed by atoms with Crippen molar-refractivity contribution in [3.8, 4) is 16.9 Å². The number of carbonyl (C=O) groups is 1. The van der Waals surface area contributed by atoms with E-state index in [1.807, 2.05) is 78.9 Å². The molecule has 1 heterocycles. The quantitative estimate of drug-likeness (QED) is 0.316. The molecule has 1 aromatic heterocycles. The van der Waals surface area contributed by atoms with Crippen molar-refractivity contribution in [2.24, 2.45) is 5.10 Å². The number of nitrogens with one attached hydrogen (secondary N) is 1. The Hall–Kier alpha value is -4.18. The number of hydrazone groups is 1. The molecule has 152 valence electrons. The first-order valence-electron chi connectivity index (χ1n) is 10.1. The summed E-state index contributed by atoms with van der Waals surface area (Å²) in [5, 5.41) is 3.99. The molecule has 0 saturated heterocycles. The van der Waals surface area contributed by atoms with Crippen LogP contribution in [0.25, 0.3) is 23.0 Å². The van der Waals surface area contributed by atoms with Crippen molar-refractivity contribution in [1.29, 1.82) is 0 Å². The van der Waals surface area contributed by atoms with Gasteiger partial charge in [0, 0.05) is 23.2 Å². The van der Waals surface area contributed by atoms with Crippen LogP contribution in [0.4, 0.5) is 0 Å². The van der Waals surface area contributed by atoms with Gasteiger partial charge in [-0.15, -0.1) is 0 Å². The summed E-state index contributed by atoms with van der Waals surface area (Å²) in [6.45, 7) is 2.07. The molecule has 0 atom stereocenters. The number of hydrogen-bond donors (Lipinski definition) is 1. The van der Waals surface area contributed by atoms with E-state index in [0.717, 1.165) is 28.2 Å². The number of hydrogen-bond acceptors (Lipinski definition) is 2. The highest BCUT2D eigenvalue weighted by Crippen LogP contribution is 2.26. The summed E-state index contributed by atoms with van der Waals surface area (Å²) in [4.78, 5) is 12.4. The van der Waals surface area contributed by atoms with E-state index in [-0.39, 0.29) is 5.91 Å². The molecule has 4 rings (SSSR count). The fraction of sp³-hybridized carbons (Fsp3) is 0.0370. The third-order valence-corrected chi connectivity index (χ3v) is 4.95. The molecule has 0 saturated carbocycles. The van der Waals surface area contributed by atoms with Crippen molar-refractivity contribution in [2.75, 3.05) is 0 Å². The number of rotatable bonds is 6. The predicted molar refractivity (Wildman–Crippen MR) is 127 cm³/mol. The molecule has 0 aliphatic heterocycles. The number of allylic oxidation sites excluding steroid dienone is 1. The second-order valence-corrected chi connectivity index (χ2v) is 7.10. The van der Waals surface area contributed by atoms with Crippen LogP contribution in [0.2, 0.25) is 0 Å². The highest BCUT2D eigenvalue weighted by molar-refractivity contribution is 5.95. The highest BCUT2D eigenvalue weighted by Gasteiger charge is 2.10. The van der Waals surface area contributed by atoms with E-state index in [9.17, 15) is 4.79 Å². The molecule has 3 aromatic carbocycles. The molecule has 0 spiro atoms. The zero-order valence-electron chi connectivity index (χ0n) is 17.3. The lowest BCUT2D eigenvalue weighted by atomic mass is 10.1. The van der Waals surface area contributed by atoms with E-state index in [1.165, 1.54) is 0 Å². The lowest BCUT2D eigenvalue weighted by Gasteiger charge is -2.12. The van der Waals surface area contributed by atoms with E-state index >= 15 is 0 Å². The average molecular weight is 406 g/mol. The summed E-state index contributed by atoms with van der Waals surface area (Å²) in [6, 6.07) is 31.9. The van der Waals surface area contributed by atoms with Gasteiger partial charge in [0.05, 0.1) is 5.69 Å². The monoisotopic (exact) mass is 405 g/mol. The van der Waals surface area contributed by atoms with E-state index in [4.69, 9.17) is 0 Å². The molecule has 31 heavy (non-hydrogen) atoms. The topological polar surface area (TPSA) is 46.4 Å². The second-order valence-electron chi connectivity index (χ2n) is 7.10. The molecule has 4 aromatic rings. The summed E-state index contributed by atoms with van der Waals surface area (Å²) in [7, 11) is 0. The van der Waals surface area contributed by atoms with Gasteiger partial charge in [-0.25, -0.2) is 5.43 Å². The van der Waals surface area contributed by atoms with Crippen LogP contribution in [-0.4, -0.2) is 16.7 Å². The van der Waals surface area contributed by atoms with Gasteiger partial charge in [-0.2, -0.15) is 5.10 Å². The van der Waals surface area contributed by atoms with Crippen molar-refractivity contribution >= 4 is 18.2 Å². The molecule has 0 bridgehead atoms. The third kappa shape index (κ3) is 4.87. The smallest absolute Gasteiger partial charge is 0.271 e. The first kappa shape index (κ1) is 20.1. The van der Waals surface area contributed by atoms with Crippen LogP contribution in [0.5, 0.6) is 0 Å².